The number of carbonyl (C=O) groups is 1. The quantitative estimate of drug-likeness (QED) is 0.748. The molecule has 1 aliphatic heterocycles. The van der Waals surface area contributed by atoms with E-state index in [2.05, 4.69) is 23.6 Å². The molecule has 0 aromatic heterocycles. The number of hydrogen-bond donors (Lipinski definition) is 2. The lowest BCUT2D eigenvalue weighted by molar-refractivity contribution is 0.0940. The number of hydrogen-bond acceptors (Lipinski definition) is 3. The van der Waals surface area contributed by atoms with Crippen LogP contribution in [0.15, 0.2) is 18.2 Å². The maximum absolute atomic E-state index is 12.2. The lowest BCUT2D eigenvalue weighted by Gasteiger charge is -2.19. The first-order valence-corrected chi connectivity index (χ1v) is 7.50. The highest BCUT2D eigenvalue weighted by Gasteiger charge is 2.16. The standard InChI is InChI=1S/C16H24N2O2/c1-2-10-20-11-4-8-18-16(19)15-6-3-5-13-12-17-9-7-14(13)15/h3,5-6,17H,2,4,7-12H2,1H3,(H,18,19). The van der Waals surface area contributed by atoms with Gasteiger partial charge in [0.15, 0.2) is 0 Å². The minimum Gasteiger partial charge on any atom is -0.381 e. The molecule has 20 heavy (non-hydrogen) atoms. The summed E-state index contributed by atoms with van der Waals surface area (Å²) in [7, 11) is 0. The third-order valence-electron chi connectivity index (χ3n) is 3.48. The predicted molar refractivity (Wildman–Crippen MR) is 79.9 cm³/mol. The van der Waals surface area contributed by atoms with E-state index >= 15 is 0 Å². The third kappa shape index (κ3) is 4.05. The van der Waals surface area contributed by atoms with Gasteiger partial charge >= 0.3 is 0 Å². The highest BCUT2D eigenvalue weighted by atomic mass is 16.5. The normalized spacial score (nSPS) is 13.8. The molecule has 1 aromatic carbocycles. The molecule has 1 amide bonds. The van der Waals surface area contributed by atoms with Crippen LogP contribution in [-0.2, 0) is 17.7 Å². The zero-order chi connectivity index (χ0) is 14.2. The Hall–Kier alpha value is -1.39. The number of ether oxygens (including phenoxy) is 1. The van der Waals surface area contributed by atoms with Gasteiger partial charge in [0.2, 0.25) is 0 Å². The average molecular weight is 276 g/mol. The molecule has 4 nitrogen and oxygen atoms in total. The van der Waals surface area contributed by atoms with Crippen molar-refractivity contribution in [2.75, 3.05) is 26.3 Å². The Morgan fingerprint density at radius 1 is 1.40 bits per heavy atom. The van der Waals surface area contributed by atoms with Crippen LogP contribution in [0.2, 0.25) is 0 Å². The number of rotatable bonds is 7. The first-order chi connectivity index (χ1) is 9.83. The highest BCUT2D eigenvalue weighted by Crippen LogP contribution is 2.18. The van der Waals surface area contributed by atoms with Crippen molar-refractivity contribution >= 4 is 5.91 Å². The van der Waals surface area contributed by atoms with Crippen LogP contribution < -0.4 is 10.6 Å². The van der Waals surface area contributed by atoms with Crippen LogP contribution in [0.25, 0.3) is 0 Å². The smallest absolute Gasteiger partial charge is 0.251 e. The van der Waals surface area contributed by atoms with Crippen LogP contribution in [0, 0.1) is 0 Å². The van der Waals surface area contributed by atoms with E-state index in [4.69, 9.17) is 4.74 Å². The predicted octanol–water partition coefficient (Wildman–Crippen LogP) is 1.88. The maximum Gasteiger partial charge on any atom is 0.251 e. The molecule has 1 aromatic rings. The van der Waals surface area contributed by atoms with Crippen molar-refractivity contribution in [2.45, 2.75) is 32.7 Å². The van der Waals surface area contributed by atoms with Gasteiger partial charge in [-0.15, -0.1) is 0 Å². The molecular formula is C16H24N2O2. The van der Waals surface area contributed by atoms with Crippen molar-refractivity contribution < 1.29 is 9.53 Å². The van der Waals surface area contributed by atoms with E-state index in [-0.39, 0.29) is 5.91 Å². The molecule has 0 bridgehead atoms. The number of carbonyl (C=O) groups excluding carboxylic acids is 1. The minimum absolute atomic E-state index is 0.0410. The summed E-state index contributed by atoms with van der Waals surface area (Å²) >= 11 is 0. The Labute approximate surface area is 120 Å². The molecule has 2 rings (SSSR count). The summed E-state index contributed by atoms with van der Waals surface area (Å²) in [6.07, 6.45) is 2.83. The Morgan fingerprint density at radius 3 is 3.15 bits per heavy atom. The zero-order valence-electron chi connectivity index (χ0n) is 12.2. The van der Waals surface area contributed by atoms with Gasteiger partial charge in [-0.1, -0.05) is 19.1 Å². The molecule has 0 atom stereocenters. The summed E-state index contributed by atoms with van der Waals surface area (Å²) in [6.45, 7) is 6.08. The van der Waals surface area contributed by atoms with Gasteiger partial charge in [-0.2, -0.15) is 0 Å². The largest absolute Gasteiger partial charge is 0.381 e. The van der Waals surface area contributed by atoms with E-state index in [0.717, 1.165) is 44.5 Å². The summed E-state index contributed by atoms with van der Waals surface area (Å²) in [5.74, 6) is 0.0410. The highest BCUT2D eigenvalue weighted by molar-refractivity contribution is 5.96. The summed E-state index contributed by atoms with van der Waals surface area (Å²) in [6, 6.07) is 5.98. The molecule has 0 spiro atoms. The second-order valence-corrected chi connectivity index (χ2v) is 5.09. The first kappa shape index (κ1) is 15.0. The van der Waals surface area contributed by atoms with Crippen molar-refractivity contribution in [2.24, 2.45) is 0 Å². The summed E-state index contributed by atoms with van der Waals surface area (Å²) in [4.78, 5) is 12.2. The molecule has 2 N–H and O–H groups in total. The Kier molecular flexibility index (Phi) is 6.02. The van der Waals surface area contributed by atoms with Gasteiger partial charge in [-0.05, 0) is 43.0 Å². The average Bonchev–Trinajstić information content (AvgIpc) is 2.50. The van der Waals surface area contributed by atoms with E-state index in [1.165, 1.54) is 11.1 Å². The second-order valence-electron chi connectivity index (χ2n) is 5.09. The fraction of sp³-hybridized carbons (Fsp3) is 0.562. The van der Waals surface area contributed by atoms with Gasteiger partial charge < -0.3 is 15.4 Å². The van der Waals surface area contributed by atoms with Crippen LogP contribution in [-0.4, -0.2) is 32.2 Å². The van der Waals surface area contributed by atoms with Crippen LogP contribution in [0.3, 0.4) is 0 Å². The molecule has 1 aliphatic rings. The van der Waals surface area contributed by atoms with E-state index < -0.39 is 0 Å². The Morgan fingerprint density at radius 2 is 2.30 bits per heavy atom. The molecule has 0 radical (unpaired) electrons. The summed E-state index contributed by atoms with van der Waals surface area (Å²) in [5, 5.41) is 6.32. The maximum atomic E-state index is 12.2. The molecule has 0 aliphatic carbocycles. The van der Waals surface area contributed by atoms with Gasteiger partial charge in [0, 0.05) is 31.9 Å². The molecule has 1 heterocycles. The topological polar surface area (TPSA) is 50.4 Å². The monoisotopic (exact) mass is 276 g/mol. The van der Waals surface area contributed by atoms with Crippen LogP contribution in [0.1, 0.15) is 41.3 Å². The second kappa shape index (κ2) is 8.02. The Balaban J connectivity index is 1.83. The van der Waals surface area contributed by atoms with Crippen molar-refractivity contribution in [1.29, 1.82) is 0 Å². The zero-order valence-corrected chi connectivity index (χ0v) is 12.2. The van der Waals surface area contributed by atoms with Gasteiger partial charge in [-0.3, -0.25) is 4.79 Å². The fourth-order valence-corrected chi connectivity index (χ4v) is 2.46. The lowest BCUT2D eigenvalue weighted by Crippen LogP contribution is -2.30. The van der Waals surface area contributed by atoms with Crippen molar-refractivity contribution in [3.05, 3.63) is 34.9 Å². The number of fused-ring (bicyclic) bond motifs is 1. The molecule has 0 unspecified atom stereocenters. The van der Waals surface area contributed by atoms with E-state index in [9.17, 15) is 4.79 Å². The van der Waals surface area contributed by atoms with E-state index in [1.807, 2.05) is 12.1 Å². The van der Waals surface area contributed by atoms with Gasteiger partial charge in [0.05, 0.1) is 0 Å². The van der Waals surface area contributed by atoms with Gasteiger partial charge in [0.1, 0.15) is 0 Å². The van der Waals surface area contributed by atoms with Crippen LogP contribution >= 0.6 is 0 Å². The molecule has 110 valence electrons. The lowest BCUT2D eigenvalue weighted by atomic mass is 9.95. The first-order valence-electron chi connectivity index (χ1n) is 7.50. The number of benzene rings is 1. The molecule has 0 saturated carbocycles. The number of amides is 1. The van der Waals surface area contributed by atoms with Crippen molar-refractivity contribution in [3.63, 3.8) is 0 Å². The van der Waals surface area contributed by atoms with Gasteiger partial charge in [0.25, 0.3) is 5.91 Å². The van der Waals surface area contributed by atoms with Crippen LogP contribution in [0.5, 0.6) is 0 Å². The van der Waals surface area contributed by atoms with Crippen molar-refractivity contribution in [1.82, 2.24) is 10.6 Å². The summed E-state index contributed by atoms with van der Waals surface area (Å²) < 4.78 is 5.40. The molecule has 0 fully saturated rings. The summed E-state index contributed by atoms with van der Waals surface area (Å²) in [5.41, 5.74) is 3.28. The molecule has 0 saturated heterocycles. The Bertz CT molecular complexity index is 446. The van der Waals surface area contributed by atoms with E-state index in [1.54, 1.807) is 0 Å². The SMILES string of the molecule is CCCOCCCNC(=O)c1cccc2c1CCNC2. The third-order valence-corrected chi connectivity index (χ3v) is 3.48. The van der Waals surface area contributed by atoms with Gasteiger partial charge in [-0.25, -0.2) is 0 Å². The molecular weight excluding hydrogens is 252 g/mol. The number of nitrogens with one attached hydrogen (secondary N) is 2. The minimum atomic E-state index is 0.0410. The fourth-order valence-electron chi connectivity index (χ4n) is 2.46. The van der Waals surface area contributed by atoms with Crippen molar-refractivity contribution in [3.8, 4) is 0 Å². The van der Waals surface area contributed by atoms with E-state index in [0.29, 0.717) is 13.2 Å². The molecule has 4 heteroatoms. The van der Waals surface area contributed by atoms with Crippen LogP contribution in [0.4, 0.5) is 0 Å².